The van der Waals surface area contributed by atoms with E-state index in [2.05, 4.69) is 59.5 Å². The highest BCUT2D eigenvalue weighted by molar-refractivity contribution is 5.88. The molecule has 2 heteroatoms. The lowest BCUT2D eigenvalue weighted by molar-refractivity contribution is -0.144. The van der Waals surface area contributed by atoms with Crippen molar-refractivity contribution in [3.8, 4) is 0 Å². The number of amides is 1. The molecule has 1 unspecified atom stereocenters. The SMILES string of the molecule is O=C1N(Cc2ccccc2)CCCC12CCC/C2=C\c1ccccc1. The highest BCUT2D eigenvalue weighted by Gasteiger charge is 2.48. The lowest BCUT2D eigenvalue weighted by Gasteiger charge is -2.40. The standard InChI is InChI=1S/C23H25NO/c25-22-23(14-7-13-21(23)17-19-9-3-1-4-10-19)15-8-16-24(22)18-20-11-5-2-6-12-20/h1-6,9-12,17H,7-8,13-16,18H2/b21-17+. The second kappa shape index (κ2) is 6.87. The van der Waals surface area contributed by atoms with E-state index in [1.807, 2.05) is 12.1 Å². The lowest BCUT2D eigenvalue weighted by Crippen LogP contribution is -2.47. The van der Waals surface area contributed by atoms with Gasteiger partial charge >= 0.3 is 0 Å². The predicted molar refractivity (Wildman–Crippen MR) is 102 cm³/mol. The molecule has 0 radical (unpaired) electrons. The molecule has 2 aliphatic rings. The molecule has 2 nitrogen and oxygen atoms in total. The molecule has 1 spiro atoms. The van der Waals surface area contributed by atoms with Crippen LogP contribution in [0.3, 0.4) is 0 Å². The summed E-state index contributed by atoms with van der Waals surface area (Å²) in [4.78, 5) is 15.5. The third kappa shape index (κ3) is 3.13. The van der Waals surface area contributed by atoms with Gasteiger partial charge in [-0.25, -0.2) is 0 Å². The van der Waals surface area contributed by atoms with E-state index < -0.39 is 0 Å². The first-order valence-corrected chi connectivity index (χ1v) is 9.37. The van der Waals surface area contributed by atoms with Crippen LogP contribution in [-0.2, 0) is 11.3 Å². The fraction of sp³-hybridized carbons (Fsp3) is 0.348. The van der Waals surface area contributed by atoms with E-state index in [9.17, 15) is 4.79 Å². The van der Waals surface area contributed by atoms with Gasteiger partial charge in [-0.2, -0.15) is 0 Å². The van der Waals surface area contributed by atoms with Crippen molar-refractivity contribution in [3.05, 3.63) is 77.4 Å². The maximum absolute atomic E-state index is 13.4. The van der Waals surface area contributed by atoms with Crippen molar-refractivity contribution in [1.82, 2.24) is 4.90 Å². The van der Waals surface area contributed by atoms with Gasteiger partial charge in [-0.1, -0.05) is 72.3 Å². The maximum atomic E-state index is 13.4. The van der Waals surface area contributed by atoms with Crippen LogP contribution in [0.1, 0.15) is 43.2 Å². The van der Waals surface area contributed by atoms with Gasteiger partial charge in [-0.05, 0) is 43.2 Å². The number of likely N-dealkylation sites (tertiary alicyclic amines) is 1. The van der Waals surface area contributed by atoms with Gasteiger partial charge in [-0.15, -0.1) is 0 Å². The number of nitrogens with zero attached hydrogens (tertiary/aromatic N) is 1. The average Bonchev–Trinajstić information content (AvgIpc) is 3.04. The molecule has 1 heterocycles. The average molecular weight is 331 g/mol. The third-order valence-electron chi connectivity index (χ3n) is 5.75. The molecule has 1 saturated heterocycles. The molecule has 0 aromatic heterocycles. The van der Waals surface area contributed by atoms with Crippen LogP contribution in [0.4, 0.5) is 0 Å². The lowest BCUT2D eigenvalue weighted by atomic mass is 9.74. The van der Waals surface area contributed by atoms with Crippen LogP contribution in [0.15, 0.2) is 66.2 Å². The van der Waals surface area contributed by atoms with E-state index in [1.165, 1.54) is 16.7 Å². The first-order chi connectivity index (χ1) is 12.3. The monoisotopic (exact) mass is 331 g/mol. The van der Waals surface area contributed by atoms with E-state index in [4.69, 9.17) is 0 Å². The first-order valence-electron chi connectivity index (χ1n) is 9.37. The molecule has 1 amide bonds. The Morgan fingerprint density at radius 3 is 2.36 bits per heavy atom. The van der Waals surface area contributed by atoms with E-state index in [1.54, 1.807) is 0 Å². The van der Waals surface area contributed by atoms with Crippen LogP contribution in [0.5, 0.6) is 0 Å². The third-order valence-corrected chi connectivity index (χ3v) is 5.75. The van der Waals surface area contributed by atoms with Gasteiger partial charge in [0.2, 0.25) is 5.91 Å². The zero-order valence-corrected chi connectivity index (χ0v) is 14.7. The Balaban J connectivity index is 1.61. The smallest absolute Gasteiger partial charge is 0.233 e. The first kappa shape index (κ1) is 16.1. The second-order valence-corrected chi connectivity index (χ2v) is 7.33. The minimum Gasteiger partial charge on any atom is -0.338 e. The summed E-state index contributed by atoms with van der Waals surface area (Å²) >= 11 is 0. The number of piperidine rings is 1. The molecular formula is C23H25NO. The van der Waals surface area contributed by atoms with Crippen LogP contribution in [0.2, 0.25) is 0 Å². The van der Waals surface area contributed by atoms with E-state index in [-0.39, 0.29) is 5.41 Å². The Bertz CT molecular complexity index is 765. The Morgan fingerprint density at radius 2 is 1.60 bits per heavy atom. The molecule has 2 fully saturated rings. The van der Waals surface area contributed by atoms with Crippen LogP contribution >= 0.6 is 0 Å². The van der Waals surface area contributed by atoms with Crippen molar-refractivity contribution >= 4 is 12.0 Å². The van der Waals surface area contributed by atoms with Gasteiger partial charge < -0.3 is 4.90 Å². The van der Waals surface area contributed by atoms with E-state index in [0.29, 0.717) is 5.91 Å². The van der Waals surface area contributed by atoms with Crippen LogP contribution < -0.4 is 0 Å². The van der Waals surface area contributed by atoms with E-state index in [0.717, 1.165) is 45.2 Å². The molecule has 2 aromatic rings. The zero-order valence-electron chi connectivity index (χ0n) is 14.7. The summed E-state index contributed by atoms with van der Waals surface area (Å²) in [5.41, 5.74) is 3.54. The molecule has 2 aromatic carbocycles. The summed E-state index contributed by atoms with van der Waals surface area (Å²) < 4.78 is 0. The van der Waals surface area contributed by atoms with Crippen molar-refractivity contribution < 1.29 is 4.79 Å². The summed E-state index contributed by atoms with van der Waals surface area (Å²) in [5, 5.41) is 0. The zero-order chi connectivity index (χ0) is 17.1. The fourth-order valence-electron chi connectivity index (χ4n) is 4.51. The maximum Gasteiger partial charge on any atom is 0.233 e. The largest absolute Gasteiger partial charge is 0.338 e. The van der Waals surface area contributed by atoms with Crippen molar-refractivity contribution in [2.75, 3.05) is 6.54 Å². The van der Waals surface area contributed by atoms with Gasteiger partial charge in [0.25, 0.3) is 0 Å². The molecule has 1 aliphatic heterocycles. The van der Waals surface area contributed by atoms with Gasteiger partial charge in [0.15, 0.2) is 0 Å². The molecule has 1 aliphatic carbocycles. The second-order valence-electron chi connectivity index (χ2n) is 7.33. The molecule has 4 rings (SSSR count). The van der Waals surface area contributed by atoms with Crippen LogP contribution in [0, 0.1) is 5.41 Å². The van der Waals surface area contributed by atoms with Crippen molar-refractivity contribution in [2.24, 2.45) is 5.41 Å². The number of rotatable bonds is 3. The fourth-order valence-corrected chi connectivity index (χ4v) is 4.51. The van der Waals surface area contributed by atoms with Gasteiger partial charge in [0, 0.05) is 13.1 Å². The summed E-state index contributed by atoms with van der Waals surface area (Å²) in [7, 11) is 0. The van der Waals surface area contributed by atoms with Crippen LogP contribution in [-0.4, -0.2) is 17.4 Å². The number of benzene rings is 2. The number of hydrogen-bond acceptors (Lipinski definition) is 1. The summed E-state index contributed by atoms with van der Waals surface area (Å²) in [5.74, 6) is 0.349. The van der Waals surface area contributed by atoms with Gasteiger partial charge in [-0.3, -0.25) is 4.79 Å². The van der Waals surface area contributed by atoms with E-state index >= 15 is 0 Å². The van der Waals surface area contributed by atoms with Gasteiger partial charge in [0.1, 0.15) is 0 Å². The number of carbonyl (C=O) groups is 1. The topological polar surface area (TPSA) is 20.3 Å². The molecule has 128 valence electrons. The van der Waals surface area contributed by atoms with Gasteiger partial charge in [0.05, 0.1) is 5.41 Å². The molecule has 1 atom stereocenters. The Kier molecular flexibility index (Phi) is 4.44. The van der Waals surface area contributed by atoms with Crippen LogP contribution in [0.25, 0.3) is 6.08 Å². The molecule has 0 N–H and O–H groups in total. The highest BCUT2D eigenvalue weighted by Crippen LogP contribution is 2.50. The minimum atomic E-state index is -0.247. The summed E-state index contributed by atoms with van der Waals surface area (Å²) in [6.45, 7) is 1.62. The molecular weight excluding hydrogens is 306 g/mol. The quantitative estimate of drug-likeness (QED) is 0.769. The number of carbonyl (C=O) groups excluding carboxylic acids is 1. The van der Waals surface area contributed by atoms with Crippen molar-refractivity contribution in [1.29, 1.82) is 0 Å². The molecule has 1 saturated carbocycles. The Hall–Kier alpha value is -2.35. The Labute approximate surface area is 150 Å². The normalized spacial score (nSPS) is 25.0. The van der Waals surface area contributed by atoms with Crippen molar-refractivity contribution in [3.63, 3.8) is 0 Å². The highest BCUT2D eigenvalue weighted by atomic mass is 16.2. The molecule has 0 bridgehead atoms. The Morgan fingerprint density at radius 1 is 0.920 bits per heavy atom. The molecule has 25 heavy (non-hydrogen) atoms. The predicted octanol–water partition coefficient (Wildman–Crippen LogP) is 5.06. The number of hydrogen-bond donors (Lipinski definition) is 0. The summed E-state index contributed by atoms with van der Waals surface area (Å²) in [6.07, 6.45) is 7.58. The summed E-state index contributed by atoms with van der Waals surface area (Å²) in [6, 6.07) is 20.8. The minimum absolute atomic E-state index is 0.247. The van der Waals surface area contributed by atoms with Crippen molar-refractivity contribution in [2.45, 2.75) is 38.6 Å².